The van der Waals surface area contributed by atoms with Gasteiger partial charge in [-0.25, -0.2) is 9.59 Å². The number of carbonyl (C=O) groups excluding carboxylic acids is 2. The van der Waals surface area contributed by atoms with Crippen molar-refractivity contribution in [3.05, 3.63) is 35.9 Å². The van der Waals surface area contributed by atoms with E-state index in [2.05, 4.69) is 0 Å². The van der Waals surface area contributed by atoms with E-state index in [0.717, 1.165) is 36.1 Å². The first-order valence-corrected chi connectivity index (χ1v) is 9.79. The predicted octanol–water partition coefficient (Wildman–Crippen LogP) is 1.80. The number of fused-ring (bicyclic) bond motifs is 2. The molecule has 2 fully saturated rings. The molecule has 2 aliphatic carbocycles. The number of ether oxygens (including phenoxy) is 1. The van der Waals surface area contributed by atoms with Crippen molar-refractivity contribution < 1.29 is 24.2 Å². The predicted molar refractivity (Wildman–Crippen MR) is 102 cm³/mol. The van der Waals surface area contributed by atoms with Gasteiger partial charge in [-0.05, 0) is 49.0 Å². The standard InChI is InChI=1S/C21H28N2O5/c1-23(18(24)12-22)21(19(25)26,11-17-10-15-7-8-16(17)9-15)20(27)28-13-14-5-3-2-4-6-14/h2-6,15-17H,7-13,22H2,1H3,(H,25,26)/t15?,16?,17?,21-/m0/s1. The average Bonchev–Trinajstić information content (AvgIpc) is 3.32. The Morgan fingerprint density at radius 2 is 1.93 bits per heavy atom. The van der Waals surface area contributed by atoms with E-state index >= 15 is 0 Å². The lowest BCUT2D eigenvalue weighted by Gasteiger charge is -2.39. The number of carboxylic acid groups (broad SMARTS) is 1. The number of carbonyl (C=O) groups is 3. The lowest BCUT2D eigenvalue weighted by Crippen LogP contribution is -2.63. The van der Waals surface area contributed by atoms with Gasteiger partial charge in [-0.2, -0.15) is 0 Å². The molecule has 0 aromatic heterocycles. The summed E-state index contributed by atoms with van der Waals surface area (Å²) in [6.45, 7) is -0.412. The van der Waals surface area contributed by atoms with Gasteiger partial charge in [0.15, 0.2) is 0 Å². The Balaban J connectivity index is 1.86. The number of rotatable bonds is 8. The molecule has 0 spiro atoms. The molecular weight excluding hydrogens is 360 g/mol. The van der Waals surface area contributed by atoms with E-state index in [0.29, 0.717) is 11.8 Å². The number of amides is 1. The third-order valence-corrected chi connectivity index (χ3v) is 6.47. The molecule has 4 atom stereocenters. The minimum atomic E-state index is -2.06. The van der Waals surface area contributed by atoms with Gasteiger partial charge < -0.3 is 20.5 Å². The minimum absolute atomic E-state index is 0.0456. The number of aliphatic carboxylic acids is 1. The van der Waals surface area contributed by atoms with Crippen LogP contribution in [0.4, 0.5) is 0 Å². The fraction of sp³-hybridized carbons (Fsp3) is 0.571. The first kappa shape index (κ1) is 20.3. The number of hydrogen-bond donors (Lipinski definition) is 2. The summed E-state index contributed by atoms with van der Waals surface area (Å²) in [6, 6.07) is 9.05. The molecule has 2 aliphatic rings. The molecule has 152 valence electrons. The highest BCUT2D eigenvalue weighted by atomic mass is 16.5. The SMILES string of the molecule is CN(C(=O)CN)[C@@](CC1CC2CCC1C2)(C(=O)O)C(=O)OCc1ccccc1. The second-order valence-electron chi connectivity index (χ2n) is 8.02. The summed E-state index contributed by atoms with van der Waals surface area (Å²) < 4.78 is 5.41. The summed E-state index contributed by atoms with van der Waals surface area (Å²) >= 11 is 0. The number of hydrogen-bond acceptors (Lipinski definition) is 5. The van der Waals surface area contributed by atoms with E-state index in [-0.39, 0.29) is 25.5 Å². The van der Waals surface area contributed by atoms with Gasteiger partial charge >= 0.3 is 11.9 Å². The Bertz CT molecular complexity index is 738. The van der Waals surface area contributed by atoms with Crippen molar-refractivity contribution in [1.29, 1.82) is 0 Å². The monoisotopic (exact) mass is 388 g/mol. The minimum Gasteiger partial charge on any atom is -0.479 e. The molecule has 1 aromatic rings. The molecule has 3 N–H and O–H groups in total. The summed E-state index contributed by atoms with van der Waals surface area (Å²) in [5.74, 6) is -1.77. The molecule has 1 aromatic carbocycles. The van der Waals surface area contributed by atoms with Crippen LogP contribution in [0.15, 0.2) is 30.3 Å². The maximum absolute atomic E-state index is 13.1. The first-order chi connectivity index (χ1) is 13.4. The molecule has 0 saturated heterocycles. The summed E-state index contributed by atoms with van der Waals surface area (Å²) in [6.07, 6.45) is 4.26. The fourth-order valence-electron chi connectivity index (χ4n) is 4.87. The molecule has 3 unspecified atom stereocenters. The highest BCUT2D eigenvalue weighted by Gasteiger charge is 2.56. The van der Waals surface area contributed by atoms with Crippen LogP contribution < -0.4 is 5.73 Å². The molecule has 3 rings (SSSR count). The summed E-state index contributed by atoms with van der Waals surface area (Å²) in [5.41, 5.74) is 4.16. The molecule has 0 heterocycles. The summed E-state index contributed by atoms with van der Waals surface area (Å²) in [4.78, 5) is 38.8. The molecule has 2 bridgehead atoms. The fourth-order valence-corrected chi connectivity index (χ4v) is 4.87. The van der Waals surface area contributed by atoms with Crippen molar-refractivity contribution in [3.8, 4) is 0 Å². The second kappa shape index (κ2) is 8.31. The van der Waals surface area contributed by atoms with Gasteiger partial charge in [0.05, 0.1) is 6.54 Å². The van der Waals surface area contributed by atoms with Gasteiger partial charge in [-0.15, -0.1) is 0 Å². The van der Waals surface area contributed by atoms with Crippen molar-refractivity contribution in [2.75, 3.05) is 13.6 Å². The Kier molecular flexibility index (Phi) is 6.03. The Hall–Kier alpha value is -2.41. The number of nitrogens with two attached hydrogens (primary N) is 1. The zero-order valence-corrected chi connectivity index (χ0v) is 16.2. The van der Waals surface area contributed by atoms with Gasteiger partial charge in [-0.3, -0.25) is 4.79 Å². The maximum atomic E-state index is 13.1. The highest BCUT2D eigenvalue weighted by molar-refractivity contribution is 6.07. The molecule has 7 heteroatoms. The third-order valence-electron chi connectivity index (χ3n) is 6.47. The molecular formula is C21H28N2O5. The molecule has 0 aliphatic heterocycles. The number of carboxylic acids is 1. The smallest absolute Gasteiger partial charge is 0.344 e. The molecule has 2 saturated carbocycles. The molecule has 0 radical (unpaired) electrons. The van der Waals surface area contributed by atoms with Crippen LogP contribution in [0.3, 0.4) is 0 Å². The number of benzene rings is 1. The topological polar surface area (TPSA) is 110 Å². The quantitative estimate of drug-likeness (QED) is 0.519. The van der Waals surface area contributed by atoms with Crippen LogP contribution in [0.25, 0.3) is 0 Å². The normalized spacial score (nSPS) is 25.1. The van der Waals surface area contributed by atoms with E-state index in [1.807, 2.05) is 18.2 Å². The molecule has 7 nitrogen and oxygen atoms in total. The van der Waals surface area contributed by atoms with Crippen molar-refractivity contribution in [2.45, 2.75) is 44.2 Å². The number of esters is 1. The van der Waals surface area contributed by atoms with Gasteiger partial charge in [-0.1, -0.05) is 36.8 Å². The number of nitrogens with zero attached hydrogens (tertiary/aromatic N) is 1. The van der Waals surface area contributed by atoms with Crippen LogP contribution in [0.5, 0.6) is 0 Å². The summed E-state index contributed by atoms with van der Waals surface area (Å²) in [7, 11) is 1.33. The maximum Gasteiger partial charge on any atom is 0.344 e. The summed E-state index contributed by atoms with van der Waals surface area (Å²) in [5, 5.41) is 10.1. The van der Waals surface area contributed by atoms with Crippen LogP contribution in [-0.2, 0) is 25.7 Å². The van der Waals surface area contributed by atoms with Crippen molar-refractivity contribution >= 4 is 17.8 Å². The Labute approximate surface area is 164 Å². The lowest BCUT2D eigenvalue weighted by molar-refractivity contribution is -0.177. The Morgan fingerprint density at radius 3 is 2.46 bits per heavy atom. The van der Waals surface area contributed by atoms with Crippen molar-refractivity contribution in [1.82, 2.24) is 4.90 Å². The first-order valence-electron chi connectivity index (χ1n) is 9.79. The zero-order chi connectivity index (χ0) is 20.3. The van der Waals surface area contributed by atoms with Crippen molar-refractivity contribution in [3.63, 3.8) is 0 Å². The second-order valence-corrected chi connectivity index (χ2v) is 8.02. The van der Waals surface area contributed by atoms with Gasteiger partial charge in [0, 0.05) is 7.05 Å². The van der Waals surface area contributed by atoms with Crippen LogP contribution in [0.2, 0.25) is 0 Å². The zero-order valence-electron chi connectivity index (χ0n) is 16.2. The molecule has 28 heavy (non-hydrogen) atoms. The highest BCUT2D eigenvalue weighted by Crippen LogP contribution is 2.51. The number of likely N-dealkylation sites (N-methyl/N-ethyl adjacent to an activating group) is 1. The van der Waals surface area contributed by atoms with Gasteiger partial charge in [0.2, 0.25) is 11.4 Å². The largest absolute Gasteiger partial charge is 0.479 e. The van der Waals surface area contributed by atoms with Crippen LogP contribution in [0, 0.1) is 17.8 Å². The average molecular weight is 388 g/mol. The van der Waals surface area contributed by atoms with E-state index in [4.69, 9.17) is 10.5 Å². The van der Waals surface area contributed by atoms with Crippen molar-refractivity contribution in [2.24, 2.45) is 23.5 Å². The Morgan fingerprint density at radius 1 is 1.21 bits per heavy atom. The van der Waals surface area contributed by atoms with Crippen LogP contribution >= 0.6 is 0 Å². The van der Waals surface area contributed by atoms with Crippen LogP contribution in [0.1, 0.15) is 37.7 Å². The van der Waals surface area contributed by atoms with Crippen LogP contribution in [-0.4, -0.2) is 47.0 Å². The lowest BCUT2D eigenvalue weighted by atomic mass is 9.77. The third kappa shape index (κ3) is 3.76. The van der Waals surface area contributed by atoms with Gasteiger partial charge in [0.25, 0.3) is 0 Å². The van der Waals surface area contributed by atoms with E-state index < -0.39 is 23.4 Å². The van der Waals surface area contributed by atoms with E-state index in [9.17, 15) is 19.5 Å². The van der Waals surface area contributed by atoms with Gasteiger partial charge in [0.1, 0.15) is 6.61 Å². The molecule has 1 amide bonds. The van der Waals surface area contributed by atoms with E-state index in [1.54, 1.807) is 12.1 Å². The van der Waals surface area contributed by atoms with E-state index in [1.165, 1.54) is 7.05 Å².